The zero-order valence-electron chi connectivity index (χ0n) is 12.9. The van der Waals surface area contributed by atoms with Crippen LogP contribution in [0.25, 0.3) is 0 Å². The number of nitrogens with zero attached hydrogens (tertiary/aromatic N) is 1. The van der Waals surface area contributed by atoms with Crippen LogP contribution in [0.15, 0.2) is 30.3 Å². The zero-order valence-corrected chi connectivity index (χ0v) is 12.9. The van der Waals surface area contributed by atoms with Gasteiger partial charge >= 0.3 is 0 Å². The third kappa shape index (κ3) is 2.70. The van der Waals surface area contributed by atoms with Gasteiger partial charge in [-0.3, -0.25) is 4.90 Å². The fourth-order valence-corrected chi connectivity index (χ4v) is 3.45. The molecule has 0 spiro atoms. The average molecular weight is 261 g/mol. The van der Waals surface area contributed by atoms with E-state index in [1.807, 2.05) is 18.2 Å². The molecule has 2 heteroatoms. The van der Waals surface area contributed by atoms with Crippen molar-refractivity contribution in [3.63, 3.8) is 0 Å². The lowest BCUT2D eigenvalue weighted by Gasteiger charge is -2.52. The fourth-order valence-electron chi connectivity index (χ4n) is 3.45. The number of benzene rings is 1. The van der Waals surface area contributed by atoms with Crippen LogP contribution in [0.1, 0.15) is 46.6 Å². The molecule has 2 rings (SSSR count). The van der Waals surface area contributed by atoms with Crippen molar-refractivity contribution >= 4 is 0 Å². The molecular formula is C17H27NO. The highest BCUT2D eigenvalue weighted by Crippen LogP contribution is 2.41. The van der Waals surface area contributed by atoms with Crippen molar-refractivity contribution in [3.05, 3.63) is 35.9 Å². The van der Waals surface area contributed by atoms with Gasteiger partial charge < -0.3 is 5.11 Å². The highest BCUT2D eigenvalue weighted by molar-refractivity contribution is 5.24. The molecule has 1 heterocycles. The van der Waals surface area contributed by atoms with Gasteiger partial charge in [0.15, 0.2) is 0 Å². The Labute approximate surface area is 117 Å². The summed E-state index contributed by atoms with van der Waals surface area (Å²) < 4.78 is 0. The van der Waals surface area contributed by atoms with Crippen LogP contribution in [0.4, 0.5) is 0 Å². The zero-order chi connectivity index (χ0) is 14.3. The van der Waals surface area contributed by atoms with Gasteiger partial charge in [0.2, 0.25) is 0 Å². The number of hydrogen-bond donors (Lipinski definition) is 1. The minimum absolute atomic E-state index is 0.158. The van der Waals surface area contributed by atoms with Gasteiger partial charge in [-0.1, -0.05) is 37.3 Å². The Balaban J connectivity index is 2.28. The third-order valence-corrected chi connectivity index (χ3v) is 4.56. The van der Waals surface area contributed by atoms with Gasteiger partial charge in [0.05, 0.1) is 5.60 Å². The van der Waals surface area contributed by atoms with Crippen LogP contribution in [0.3, 0.4) is 0 Å². The summed E-state index contributed by atoms with van der Waals surface area (Å²) in [6.45, 7) is 12.1. The summed E-state index contributed by atoms with van der Waals surface area (Å²) in [5, 5.41) is 11.1. The second-order valence-electron chi connectivity index (χ2n) is 7.07. The number of rotatable bonds is 1. The molecule has 106 valence electrons. The number of hydrogen-bond acceptors (Lipinski definition) is 2. The second-order valence-corrected chi connectivity index (χ2v) is 7.07. The van der Waals surface area contributed by atoms with Crippen molar-refractivity contribution in [2.24, 2.45) is 5.92 Å². The maximum atomic E-state index is 11.1. The van der Waals surface area contributed by atoms with Crippen LogP contribution in [0.5, 0.6) is 0 Å². The predicted octanol–water partition coefficient (Wildman–Crippen LogP) is 3.40. The molecule has 1 fully saturated rings. The molecule has 0 radical (unpaired) electrons. The molecule has 19 heavy (non-hydrogen) atoms. The van der Waals surface area contributed by atoms with Gasteiger partial charge in [0, 0.05) is 24.0 Å². The van der Waals surface area contributed by atoms with E-state index in [9.17, 15) is 5.11 Å². The summed E-state index contributed by atoms with van der Waals surface area (Å²) in [6.07, 6.45) is 0.801. The molecule has 1 aliphatic rings. The summed E-state index contributed by atoms with van der Waals surface area (Å²) in [4.78, 5) is 2.51. The Morgan fingerprint density at radius 3 is 2.26 bits per heavy atom. The monoisotopic (exact) mass is 261 g/mol. The van der Waals surface area contributed by atoms with Gasteiger partial charge in [0.25, 0.3) is 0 Å². The molecule has 0 aromatic heterocycles. The van der Waals surface area contributed by atoms with E-state index in [0.29, 0.717) is 6.04 Å². The maximum absolute atomic E-state index is 11.1. The first-order valence-corrected chi connectivity index (χ1v) is 7.30. The molecule has 0 bridgehead atoms. The normalized spacial score (nSPS) is 33.4. The molecule has 1 aromatic rings. The van der Waals surface area contributed by atoms with Crippen molar-refractivity contribution in [1.29, 1.82) is 0 Å². The first-order valence-electron chi connectivity index (χ1n) is 7.30. The minimum atomic E-state index is -0.692. The Kier molecular flexibility index (Phi) is 3.76. The molecule has 0 aliphatic carbocycles. The lowest BCUT2D eigenvalue weighted by molar-refractivity contribution is -0.111. The molecule has 2 nitrogen and oxygen atoms in total. The van der Waals surface area contributed by atoms with E-state index in [2.05, 4.69) is 51.7 Å². The third-order valence-electron chi connectivity index (χ3n) is 4.56. The summed E-state index contributed by atoms with van der Waals surface area (Å²) in [7, 11) is 0. The average Bonchev–Trinajstić information content (AvgIpc) is 2.33. The van der Waals surface area contributed by atoms with Crippen molar-refractivity contribution in [2.75, 3.05) is 6.54 Å². The molecule has 3 atom stereocenters. The number of piperidine rings is 1. The Hall–Kier alpha value is -0.860. The topological polar surface area (TPSA) is 23.5 Å². The first-order chi connectivity index (χ1) is 8.75. The SMILES string of the molecule is C[C@@H]1C[C@@](O)(c2ccccc2)[C@@H](C)CN1C(C)(C)C. The lowest BCUT2D eigenvalue weighted by Crippen LogP contribution is -2.58. The summed E-state index contributed by atoms with van der Waals surface area (Å²) in [6, 6.07) is 10.5. The van der Waals surface area contributed by atoms with Gasteiger partial charge in [-0.2, -0.15) is 0 Å². The van der Waals surface area contributed by atoms with Gasteiger partial charge in [-0.05, 0) is 39.7 Å². The van der Waals surface area contributed by atoms with E-state index in [1.165, 1.54) is 0 Å². The first kappa shape index (κ1) is 14.5. The maximum Gasteiger partial charge on any atom is 0.0948 e. The molecule has 1 saturated heterocycles. The van der Waals surface area contributed by atoms with Crippen molar-refractivity contribution in [1.82, 2.24) is 4.90 Å². The smallest absolute Gasteiger partial charge is 0.0948 e. The van der Waals surface area contributed by atoms with Crippen LogP contribution in [-0.4, -0.2) is 28.1 Å². The molecule has 1 aliphatic heterocycles. The van der Waals surface area contributed by atoms with Crippen LogP contribution >= 0.6 is 0 Å². The largest absolute Gasteiger partial charge is 0.385 e. The standard InChI is InChI=1S/C17H27NO/c1-13-12-18(16(3,4)5)14(2)11-17(13,19)15-9-7-6-8-10-15/h6-10,13-14,19H,11-12H2,1-5H3/t13-,14+,17-/m0/s1. The van der Waals surface area contributed by atoms with Crippen LogP contribution < -0.4 is 0 Å². The minimum Gasteiger partial charge on any atom is -0.385 e. The van der Waals surface area contributed by atoms with E-state index >= 15 is 0 Å². The fraction of sp³-hybridized carbons (Fsp3) is 0.647. The quantitative estimate of drug-likeness (QED) is 0.837. The summed E-state index contributed by atoms with van der Waals surface area (Å²) >= 11 is 0. The van der Waals surface area contributed by atoms with Crippen molar-refractivity contribution in [3.8, 4) is 0 Å². The molecule has 0 amide bonds. The van der Waals surface area contributed by atoms with E-state index in [-0.39, 0.29) is 11.5 Å². The van der Waals surface area contributed by atoms with Gasteiger partial charge in [-0.25, -0.2) is 0 Å². The van der Waals surface area contributed by atoms with Crippen LogP contribution in [0.2, 0.25) is 0 Å². The van der Waals surface area contributed by atoms with E-state index in [0.717, 1.165) is 18.5 Å². The van der Waals surface area contributed by atoms with E-state index in [4.69, 9.17) is 0 Å². The van der Waals surface area contributed by atoms with Gasteiger partial charge in [-0.15, -0.1) is 0 Å². The molecule has 1 N–H and O–H groups in total. The van der Waals surface area contributed by atoms with Gasteiger partial charge in [0.1, 0.15) is 0 Å². The molecule has 0 saturated carbocycles. The molecule has 1 aromatic carbocycles. The van der Waals surface area contributed by atoms with E-state index in [1.54, 1.807) is 0 Å². The summed E-state index contributed by atoms with van der Waals surface area (Å²) in [5.41, 5.74) is 0.525. The second kappa shape index (κ2) is 4.92. The van der Waals surface area contributed by atoms with Crippen molar-refractivity contribution < 1.29 is 5.11 Å². The highest BCUT2D eigenvalue weighted by atomic mass is 16.3. The Morgan fingerprint density at radius 2 is 1.74 bits per heavy atom. The Bertz CT molecular complexity index is 423. The number of likely N-dealkylation sites (tertiary alicyclic amines) is 1. The van der Waals surface area contributed by atoms with E-state index < -0.39 is 5.60 Å². The van der Waals surface area contributed by atoms with Crippen LogP contribution in [0, 0.1) is 5.92 Å². The van der Waals surface area contributed by atoms with Crippen LogP contribution in [-0.2, 0) is 5.60 Å². The predicted molar refractivity (Wildman–Crippen MR) is 80.0 cm³/mol. The Morgan fingerprint density at radius 1 is 1.16 bits per heavy atom. The number of aliphatic hydroxyl groups is 1. The lowest BCUT2D eigenvalue weighted by atomic mass is 9.73. The van der Waals surface area contributed by atoms with Crippen molar-refractivity contribution in [2.45, 2.75) is 58.2 Å². The summed E-state index contributed by atoms with van der Waals surface area (Å²) in [5.74, 6) is 0.241. The molecule has 0 unspecified atom stereocenters. The highest BCUT2D eigenvalue weighted by Gasteiger charge is 2.45. The molecular weight excluding hydrogens is 234 g/mol.